The minimum atomic E-state index is -0.696. The van der Waals surface area contributed by atoms with Crippen molar-refractivity contribution in [3.63, 3.8) is 0 Å². The predicted molar refractivity (Wildman–Crippen MR) is 106 cm³/mol. The molecule has 0 amide bonds. The van der Waals surface area contributed by atoms with E-state index in [1.54, 1.807) is 20.8 Å². The zero-order chi connectivity index (χ0) is 23.9. The summed E-state index contributed by atoms with van der Waals surface area (Å²) >= 11 is 0. The first-order valence-electron chi connectivity index (χ1n) is 8.43. The van der Waals surface area contributed by atoms with Gasteiger partial charge in [-0.3, -0.25) is 4.79 Å². The molecule has 0 heterocycles. The maximum Gasteiger partial charge on any atom is 0.310 e. The maximum absolute atomic E-state index is 12.8. The van der Waals surface area contributed by atoms with E-state index in [0.717, 1.165) is 31.4 Å². The second-order valence-corrected chi connectivity index (χ2v) is 6.45. The van der Waals surface area contributed by atoms with E-state index in [0.29, 0.717) is 5.56 Å². The Morgan fingerprint density at radius 2 is 1.30 bits per heavy atom. The zero-order valence-electron chi connectivity index (χ0n) is 17.2. The summed E-state index contributed by atoms with van der Waals surface area (Å²) in [4.78, 5) is 11.4. The van der Waals surface area contributed by atoms with Crippen molar-refractivity contribution in [2.24, 2.45) is 0 Å². The van der Waals surface area contributed by atoms with Gasteiger partial charge in [-0.15, -0.1) is 0 Å². The average Bonchev–Trinajstić information content (AvgIpc) is 2.62. The lowest BCUT2D eigenvalue weighted by Gasteiger charge is -2.19. The average molecular weight is 430 g/mol. The molecule has 0 aliphatic heterocycles. The summed E-state index contributed by atoms with van der Waals surface area (Å²) < 4.78 is 55.3. The quantitative estimate of drug-likeness (QED) is 0.333. The van der Waals surface area contributed by atoms with Gasteiger partial charge in [-0.05, 0) is 56.2 Å². The van der Waals surface area contributed by atoms with Crippen molar-refractivity contribution in [2.75, 3.05) is 7.11 Å². The molecule has 2 rings (SSSR count). The van der Waals surface area contributed by atoms with E-state index in [4.69, 9.17) is 20.9 Å². The van der Waals surface area contributed by atoms with Crippen LogP contribution in [0.25, 0.3) is 6.08 Å². The smallest absolute Gasteiger partial charge is 0.310 e. The first-order chi connectivity index (χ1) is 14.0. The van der Waals surface area contributed by atoms with Crippen molar-refractivity contribution in [3.05, 3.63) is 77.4 Å². The van der Waals surface area contributed by atoms with Crippen molar-refractivity contribution < 1.29 is 32.2 Å². The summed E-state index contributed by atoms with van der Waals surface area (Å²) in [6.07, 6.45) is 1.26. The third-order valence-electron chi connectivity index (χ3n) is 2.81. The number of benzene rings is 2. The van der Waals surface area contributed by atoms with Crippen LogP contribution in [0.15, 0.2) is 43.0 Å². The van der Waals surface area contributed by atoms with Crippen LogP contribution in [-0.2, 0) is 16.0 Å². The Bertz CT molecular complexity index is 769. The fraction of sp³-hybridized carbons (Fsp3) is 0.286. The summed E-state index contributed by atoms with van der Waals surface area (Å²) in [7, 11) is 1.00. The van der Waals surface area contributed by atoms with Crippen molar-refractivity contribution in [1.82, 2.24) is 0 Å². The van der Waals surface area contributed by atoms with Crippen LogP contribution >= 0.6 is 0 Å². The lowest BCUT2D eigenvalue weighted by Crippen LogP contribution is -2.24. The summed E-state index contributed by atoms with van der Waals surface area (Å²) in [6.45, 7) is 8.58. The molecule has 30 heavy (non-hydrogen) atoms. The molecule has 2 aromatic carbocycles. The molecule has 0 saturated heterocycles. The number of nitrogens with one attached hydrogen (secondary N) is 2. The molecule has 5 nitrogen and oxygen atoms in total. The van der Waals surface area contributed by atoms with Crippen molar-refractivity contribution >= 4 is 12.0 Å². The van der Waals surface area contributed by atoms with E-state index >= 15 is 0 Å². The Morgan fingerprint density at radius 1 is 0.933 bits per heavy atom. The van der Waals surface area contributed by atoms with E-state index in [1.165, 1.54) is 18.2 Å². The van der Waals surface area contributed by atoms with Gasteiger partial charge < -0.3 is 9.84 Å². The highest BCUT2D eigenvalue weighted by atomic mass is 19.1. The summed E-state index contributed by atoms with van der Waals surface area (Å²) in [5.41, 5.74) is 10.1. The number of ether oxygens (including phenoxy) is 1. The minimum absolute atomic E-state index is 0.133. The Kier molecular flexibility index (Phi) is 14.4. The topological polar surface area (TPSA) is 94.2 Å². The molecule has 0 aromatic heterocycles. The van der Waals surface area contributed by atoms with E-state index in [-0.39, 0.29) is 12.0 Å². The van der Waals surface area contributed by atoms with Crippen LogP contribution in [0.1, 0.15) is 31.9 Å². The third-order valence-corrected chi connectivity index (χ3v) is 2.81. The largest absolute Gasteiger partial charge is 0.460 e. The number of carbonyl (C=O) groups is 1. The van der Waals surface area contributed by atoms with E-state index < -0.39 is 34.8 Å². The zero-order valence-corrected chi connectivity index (χ0v) is 17.2. The number of hydrogen-bond acceptors (Lipinski definition) is 5. The van der Waals surface area contributed by atoms with Crippen LogP contribution in [0.3, 0.4) is 0 Å². The minimum Gasteiger partial charge on any atom is -0.460 e. The van der Waals surface area contributed by atoms with Gasteiger partial charge in [0.25, 0.3) is 0 Å². The van der Waals surface area contributed by atoms with Crippen molar-refractivity contribution in [2.45, 2.75) is 32.8 Å². The highest BCUT2D eigenvalue weighted by Gasteiger charge is 2.16. The normalized spacial score (nSPS) is 9.50. The Morgan fingerprint density at radius 3 is 1.63 bits per heavy atom. The fourth-order valence-electron chi connectivity index (χ4n) is 1.95. The summed E-state index contributed by atoms with van der Waals surface area (Å²) in [5.74, 6) is -3.04. The lowest BCUT2D eigenvalue weighted by molar-refractivity contribution is -0.153. The van der Waals surface area contributed by atoms with Gasteiger partial charge in [-0.1, -0.05) is 12.7 Å². The molecule has 0 atom stereocenters. The molecule has 0 aliphatic carbocycles. The van der Waals surface area contributed by atoms with E-state index in [9.17, 15) is 22.4 Å². The van der Waals surface area contributed by atoms with Gasteiger partial charge in [0.05, 0.1) is 6.42 Å². The first-order valence-corrected chi connectivity index (χ1v) is 8.43. The molecule has 0 radical (unpaired) electrons. The number of aliphatic hydroxyl groups is 1. The number of rotatable bonds is 3. The van der Waals surface area contributed by atoms with Gasteiger partial charge in [0, 0.05) is 19.2 Å². The highest BCUT2D eigenvalue weighted by molar-refractivity contribution is 5.73. The Hall–Kier alpha value is -3.07. The molecule has 0 aliphatic rings. The van der Waals surface area contributed by atoms with Crippen molar-refractivity contribution in [1.29, 1.82) is 11.1 Å². The number of hydrogen-bond donors (Lipinski definition) is 3. The maximum atomic E-state index is 12.8. The molecular weight excluding hydrogens is 404 g/mol. The van der Waals surface area contributed by atoms with E-state index in [1.807, 2.05) is 0 Å². The van der Waals surface area contributed by atoms with E-state index in [2.05, 4.69) is 6.58 Å². The van der Waals surface area contributed by atoms with Crippen LogP contribution in [0.2, 0.25) is 0 Å². The highest BCUT2D eigenvalue weighted by Crippen LogP contribution is 2.12. The second-order valence-electron chi connectivity index (χ2n) is 6.45. The van der Waals surface area contributed by atoms with Crippen LogP contribution < -0.4 is 0 Å². The van der Waals surface area contributed by atoms with Crippen LogP contribution in [0.5, 0.6) is 0 Å². The van der Waals surface area contributed by atoms with Crippen LogP contribution in [0, 0.1) is 34.3 Å². The number of esters is 1. The fourth-order valence-corrected chi connectivity index (χ4v) is 1.95. The standard InChI is InChI=1S/C12H14F2O2.C8H6F2.CH4O.H2N2/c1-12(2,3)16-11(15)6-8-4-9(13)7-10(14)5-8;1-2-6-3-7(9)5-8(10)4-6;2*1-2/h4-5,7H,6H2,1-3H3;2-5H,1H2;2H,1H3;1-2H. The molecule has 3 N–H and O–H groups in total. The summed E-state index contributed by atoms with van der Waals surface area (Å²) in [5, 5.41) is 7.00. The molecule has 0 bridgehead atoms. The van der Waals surface area contributed by atoms with Gasteiger partial charge >= 0.3 is 5.97 Å². The number of halogens is 4. The van der Waals surface area contributed by atoms with Crippen molar-refractivity contribution in [3.8, 4) is 0 Å². The third kappa shape index (κ3) is 14.0. The van der Waals surface area contributed by atoms with Gasteiger partial charge in [0.1, 0.15) is 28.9 Å². The Balaban J connectivity index is 0. The monoisotopic (exact) mass is 430 g/mol. The van der Waals surface area contributed by atoms with Crippen LogP contribution in [0.4, 0.5) is 17.6 Å². The number of aliphatic hydroxyl groups excluding tert-OH is 1. The molecule has 0 saturated carbocycles. The second kappa shape index (κ2) is 14.9. The summed E-state index contributed by atoms with van der Waals surface area (Å²) in [6, 6.07) is 6.26. The van der Waals surface area contributed by atoms with Gasteiger partial charge in [-0.25, -0.2) is 28.6 Å². The molecule has 166 valence electrons. The molecule has 0 fully saturated rings. The number of carbonyl (C=O) groups excluding carboxylic acids is 1. The SMILES string of the molecule is C=Cc1cc(F)cc(F)c1.CC(C)(C)OC(=O)Cc1cc(F)cc(F)c1.CO.N=N. The van der Waals surface area contributed by atoms with Crippen LogP contribution in [-0.4, -0.2) is 23.8 Å². The molecule has 2 aromatic rings. The van der Waals surface area contributed by atoms with Gasteiger partial charge in [0.2, 0.25) is 0 Å². The predicted octanol–water partition coefficient (Wildman–Crippen LogP) is 5.66. The van der Waals surface area contributed by atoms with Gasteiger partial charge in [0.15, 0.2) is 0 Å². The molecular formula is C21H26F4N2O3. The molecule has 0 unspecified atom stereocenters. The van der Waals surface area contributed by atoms with Gasteiger partial charge in [-0.2, -0.15) is 0 Å². The molecule has 0 spiro atoms. The lowest BCUT2D eigenvalue weighted by atomic mass is 10.1. The first kappa shape index (κ1) is 29.1. The molecule has 9 heteroatoms. The Labute approximate surface area is 173 Å².